The van der Waals surface area contributed by atoms with E-state index in [0.717, 1.165) is 27.9 Å². The number of nitrogens with zero attached hydrogens (tertiary/aromatic N) is 4. The van der Waals surface area contributed by atoms with Crippen molar-refractivity contribution in [3.05, 3.63) is 158 Å². The molecule has 1 aliphatic carbocycles. The van der Waals surface area contributed by atoms with Crippen molar-refractivity contribution in [1.29, 1.82) is 0 Å². The van der Waals surface area contributed by atoms with Gasteiger partial charge in [0.2, 0.25) is 0 Å². The molecule has 45 heavy (non-hydrogen) atoms. The van der Waals surface area contributed by atoms with E-state index in [1.165, 1.54) is 38.8 Å². The highest BCUT2D eigenvalue weighted by atomic mass is 15.0. The number of rotatable bonds is 4. The number of fused-ring (bicyclic) bond motifs is 5. The fraction of sp³-hybridized carbons (Fsp3) is 0. The second-order valence-electron chi connectivity index (χ2n) is 11.3. The third kappa shape index (κ3) is 4.19. The van der Waals surface area contributed by atoms with Gasteiger partial charge in [-0.2, -0.15) is 0 Å². The molecule has 0 saturated heterocycles. The summed E-state index contributed by atoms with van der Waals surface area (Å²) in [5.41, 5.74) is 12.6. The van der Waals surface area contributed by atoms with Crippen molar-refractivity contribution < 1.29 is 0 Å². The van der Waals surface area contributed by atoms with Crippen LogP contribution in [0.4, 0.5) is 0 Å². The van der Waals surface area contributed by atoms with Gasteiger partial charge in [-0.25, -0.2) is 15.0 Å². The molecule has 9 rings (SSSR count). The van der Waals surface area contributed by atoms with E-state index in [-0.39, 0.29) is 0 Å². The molecule has 2 heterocycles. The third-order valence-corrected chi connectivity index (χ3v) is 8.64. The van der Waals surface area contributed by atoms with E-state index in [0.29, 0.717) is 17.5 Å². The van der Waals surface area contributed by atoms with Crippen LogP contribution < -0.4 is 0 Å². The van der Waals surface area contributed by atoms with E-state index in [1.54, 1.807) is 0 Å². The van der Waals surface area contributed by atoms with Crippen molar-refractivity contribution in [3.8, 4) is 73.2 Å². The van der Waals surface area contributed by atoms with Gasteiger partial charge in [-0.3, -0.25) is 0 Å². The number of hydrogen-bond donors (Lipinski definition) is 0. The second kappa shape index (κ2) is 10.2. The number of benzene rings is 6. The van der Waals surface area contributed by atoms with Crippen molar-refractivity contribution in [3.63, 3.8) is 0 Å². The lowest BCUT2D eigenvalue weighted by Crippen LogP contribution is -2.01. The Bertz CT molecular complexity index is 2310. The molecular formula is C41H26N4. The molecule has 0 saturated carbocycles. The molecule has 0 fully saturated rings. The minimum atomic E-state index is 0.641. The van der Waals surface area contributed by atoms with Crippen LogP contribution in [-0.4, -0.2) is 19.5 Å². The van der Waals surface area contributed by atoms with Gasteiger partial charge in [0, 0.05) is 39.5 Å². The van der Waals surface area contributed by atoms with Gasteiger partial charge in [-0.05, 0) is 46.0 Å². The van der Waals surface area contributed by atoms with E-state index in [2.05, 4.69) is 102 Å². The standard InChI is InChI=1S/C41H26N4/c1-3-13-27(14-4-1)39-42-40(28-15-5-2-6-16-28)44-41(43-39)29-17-11-18-30(25-29)45-26-36-34-22-10-8-20-32(34)31-19-7-9-21-33(31)35-23-12-24-37(45)38(35)36/h1-26H. The first-order chi connectivity index (χ1) is 22.3. The first-order valence-electron chi connectivity index (χ1n) is 15.1. The SMILES string of the molecule is c1ccc(-c2nc(-c3ccccc3)nc(-c3cccc(-n4cc5c6c(cccc64)-c4ccccc4-c4ccccc4-5)c3)n2)cc1. The van der Waals surface area contributed by atoms with Crippen LogP contribution in [0.15, 0.2) is 158 Å². The molecule has 0 unspecified atom stereocenters. The van der Waals surface area contributed by atoms with E-state index in [1.807, 2.05) is 60.7 Å². The summed E-state index contributed by atoms with van der Waals surface area (Å²) in [6, 6.07) is 52.8. The normalized spacial score (nSPS) is 11.6. The van der Waals surface area contributed by atoms with Crippen LogP contribution in [-0.2, 0) is 0 Å². The lowest BCUT2D eigenvalue weighted by atomic mass is 9.94. The van der Waals surface area contributed by atoms with Gasteiger partial charge < -0.3 is 4.57 Å². The smallest absolute Gasteiger partial charge is 0.164 e. The summed E-state index contributed by atoms with van der Waals surface area (Å²) in [5, 5.41) is 1.26. The van der Waals surface area contributed by atoms with Gasteiger partial charge in [-0.1, -0.05) is 133 Å². The fourth-order valence-corrected chi connectivity index (χ4v) is 6.57. The number of aromatic nitrogens is 4. The number of hydrogen-bond acceptors (Lipinski definition) is 3. The highest BCUT2D eigenvalue weighted by Crippen LogP contribution is 2.48. The first kappa shape index (κ1) is 25.4. The van der Waals surface area contributed by atoms with Crippen molar-refractivity contribution in [2.75, 3.05) is 0 Å². The molecule has 6 aromatic carbocycles. The van der Waals surface area contributed by atoms with Gasteiger partial charge in [0.1, 0.15) is 0 Å². The van der Waals surface area contributed by atoms with Crippen LogP contribution in [0.2, 0.25) is 0 Å². The van der Waals surface area contributed by atoms with Gasteiger partial charge >= 0.3 is 0 Å². The monoisotopic (exact) mass is 574 g/mol. The Labute approximate surface area is 261 Å². The Morgan fingerprint density at radius 3 is 1.40 bits per heavy atom. The molecule has 0 N–H and O–H groups in total. The van der Waals surface area contributed by atoms with Gasteiger partial charge in [0.25, 0.3) is 0 Å². The van der Waals surface area contributed by atoms with E-state index >= 15 is 0 Å². The molecular weight excluding hydrogens is 548 g/mol. The van der Waals surface area contributed by atoms with Crippen LogP contribution in [0.1, 0.15) is 0 Å². The van der Waals surface area contributed by atoms with Gasteiger partial charge in [0.05, 0.1) is 5.52 Å². The van der Waals surface area contributed by atoms with Crippen molar-refractivity contribution in [2.45, 2.75) is 0 Å². The summed E-state index contributed by atoms with van der Waals surface area (Å²) < 4.78 is 2.31. The van der Waals surface area contributed by atoms with Crippen LogP contribution in [0.3, 0.4) is 0 Å². The van der Waals surface area contributed by atoms with Crippen molar-refractivity contribution >= 4 is 10.9 Å². The molecule has 2 aromatic heterocycles. The highest BCUT2D eigenvalue weighted by Gasteiger charge is 2.24. The lowest BCUT2D eigenvalue weighted by Gasteiger charge is -2.13. The average Bonchev–Trinajstić information content (AvgIpc) is 3.47. The molecule has 8 aromatic rings. The molecule has 1 aliphatic rings. The third-order valence-electron chi connectivity index (χ3n) is 8.64. The molecule has 0 amide bonds. The zero-order valence-electron chi connectivity index (χ0n) is 24.3. The minimum absolute atomic E-state index is 0.641. The predicted molar refractivity (Wildman–Crippen MR) is 183 cm³/mol. The molecule has 210 valence electrons. The quantitative estimate of drug-likeness (QED) is 0.210. The summed E-state index contributed by atoms with van der Waals surface area (Å²) in [6.45, 7) is 0. The summed E-state index contributed by atoms with van der Waals surface area (Å²) in [7, 11) is 0. The molecule has 0 aliphatic heterocycles. The lowest BCUT2D eigenvalue weighted by molar-refractivity contribution is 1.07. The Morgan fingerprint density at radius 1 is 0.356 bits per heavy atom. The van der Waals surface area contributed by atoms with Crippen LogP contribution in [0.5, 0.6) is 0 Å². The van der Waals surface area contributed by atoms with E-state index < -0.39 is 0 Å². The molecule has 4 heteroatoms. The topological polar surface area (TPSA) is 43.6 Å². The average molecular weight is 575 g/mol. The Kier molecular flexibility index (Phi) is 5.78. The summed E-state index contributed by atoms with van der Waals surface area (Å²) in [4.78, 5) is 14.8. The van der Waals surface area contributed by atoms with Gasteiger partial charge in [0.15, 0.2) is 17.5 Å². The zero-order valence-corrected chi connectivity index (χ0v) is 24.3. The largest absolute Gasteiger partial charge is 0.316 e. The molecule has 4 nitrogen and oxygen atoms in total. The van der Waals surface area contributed by atoms with Crippen molar-refractivity contribution in [2.24, 2.45) is 0 Å². The predicted octanol–water partition coefficient (Wildman–Crippen LogP) is 10.1. The minimum Gasteiger partial charge on any atom is -0.316 e. The molecule has 0 bridgehead atoms. The van der Waals surface area contributed by atoms with Crippen LogP contribution in [0.25, 0.3) is 84.1 Å². The zero-order chi connectivity index (χ0) is 29.7. The molecule has 0 spiro atoms. The maximum absolute atomic E-state index is 4.98. The Morgan fingerprint density at radius 2 is 0.800 bits per heavy atom. The Hall–Kier alpha value is -6.13. The van der Waals surface area contributed by atoms with Crippen LogP contribution >= 0.6 is 0 Å². The second-order valence-corrected chi connectivity index (χ2v) is 11.3. The molecule has 0 radical (unpaired) electrons. The van der Waals surface area contributed by atoms with E-state index in [4.69, 9.17) is 15.0 Å². The summed E-state index contributed by atoms with van der Waals surface area (Å²) >= 11 is 0. The summed E-state index contributed by atoms with van der Waals surface area (Å²) in [6.07, 6.45) is 2.29. The Balaban J connectivity index is 1.25. The summed E-state index contributed by atoms with van der Waals surface area (Å²) in [5.74, 6) is 1.95. The highest BCUT2D eigenvalue weighted by molar-refractivity contribution is 6.13. The first-order valence-corrected chi connectivity index (χ1v) is 15.1. The van der Waals surface area contributed by atoms with Crippen LogP contribution in [0, 0.1) is 0 Å². The maximum atomic E-state index is 4.98. The van der Waals surface area contributed by atoms with Crippen molar-refractivity contribution in [1.82, 2.24) is 19.5 Å². The van der Waals surface area contributed by atoms with E-state index in [9.17, 15) is 0 Å². The maximum Gasteiger partial charge on any atom is 0.164 e. The van der Waals surface area contributed by atoms with Gasteiger partial charge in [-0.15, -0.1) is 0 Å². The fourth-order valence-electron chi connectivity index (χ4n) is 6.57. The molecule has 0 atom stereocenters.